The second-order valence-corrected chi connectivity index (χ2v) is 10.8. The number of nitrogens with zero attached hydrogens (tertiary/aromatic N) is 2. The van der Waals surface area contributed by atoms with Crippen LogP contribution in [0.1, 0.15) is 33.0 Å². The van der Waals surface area contributed by atoms with E-state index in [0.717, 1.165) is 29.4 Å². The number of hydrogen-bond acceptors (Lipinski definition) is 8. The van der Waals surface area contributed by atoms with Gasteiger partial charge in [-0.2, -0.15) is 5.26 Å². The zero-order chi connectivity index (χ0) is 25.8. The van der Waals surface area contributed by atoms with Crippen molar-refractivity contribution in [3.05, 3.63) is 88.8 Å². The molecule has 8 nitrogen and oxygen atoms in total. The smallest absolute Gasteiger partial charge is 0.373 e. The summed E-state index contributed by atoms with van der Waals surface area (Å²) in [6.07, 6.45) is 1.63. The summed E-state index contributed by atoms with van der Waals surface area (Å²) in [5.74, 6) is -0.306. The molecule has 1 fully saturated rings. The maximum atomic E-state index is 13.1. The predicted molar refractivity (Wildman–Crippen MR) is 149 cm³/mol. The molecular formula is C25H16I2N2O6S. The highest BCUT2D eigenvalue weighted by atomic mass is 127. The van der Waals surface area contributed by atoms with Gasteiger partial charge in [0.2, 0.25) is 5.76 Å². The van der Waals surface area contributed by atoms with Crippen LogP contribution in [-0.4, -0.2) is 29.1 Å². The third kappa shape index (κ3) is 5.76. The van der Waals surface area contributed by atoms with E-state index in [1.54, 1.807) is 18.2 Å². The number of esters is 1. The number of nitriles is 1. The van der Waals surface area contributed by atoms with E-state index in [0.29, 0.717) is 16.9 Å². The maximum absolute atomic E-state index is 13.1. The highest BCUT2D eigenvalue weighted by Crippen LogP contribution is 2.37. The summed E-state index contributed by atoms with van der Waals surface area (Å²) in [5.41, 5.74) is 1.90. The van der Waals surface area contributed by atoms with Gasteiger partial charge in [0.1, 0.15) is 18.1 Å². The average molecular weight is 726 g/mol. The topological polar surface area (TPSA) is 110 Å². The van der Waals surface area contributed by atoms with Crippen LogP contribution < -0.4 is 4.74 Å². The third-order valence-electron chi connectivity index (χ3n) is 5.07. The van der Waals surface area contributed by atoms with Gasteiger partial charge in [0.05, 0.1) is 33.8 Å². The fourth-order valence-electron chi connectivity index (χ4n) is 3.35. The Hall–Kier alpha value is -2.83. The van der Waals surface area contributed by atoms with E-state index < -0.39 is 17.1 Å². The van der Waals surface area contributed by atoms with Crippen LogP contribution in [0, 0.1) is 18.5 Å². The quantitative estimate of drug-likeness (QED) is 0.167. The highest BCUT2D eigenvalue weighted by Gasteiger charge is 2.36. The number of benzene rings is 2. The molecule has 2 aromatic carbocycles. The van der Waals surface area contributed by atoms with E-state index in [9.17, 15) is 19.6 Å². The number of hydrogen-bond donors (Lipinski definition) is 0. The highest BCUT2D eigenvalue weighted by molar-refractivity contribution is 14.1. The minimum atomic E-state index is -0.645. The number of ether oxygens (including phenoxy) is 2. The largest absolute Gasteiger partial charge is 0.487 e. The van der Waals surface area contributed by atoms with Crippen molar-refractivity contribution in [2.75, 3.05) is 7.11 Å². The molecule has 4 rings (SSSR count). The van der Waals surface area contributed by atoms with Crippen molar-refractivity contribution in [2.24, 2.45) is 0 Å². The molecule has 36 heavy (non-hydrogen) atoms. The fourth-order valence-corrected chi connectivity index (χ4v) is 6.23. The molecule has 1 aromatic heterocycles. The van der Waals surface area contributed by atoms with Crippen molar-refractivity contribution in [1.82, 2.24) is 4.90 Å². The standard InChI is InChI=1S/C25H16I2N2O6S/c1-33-24(31)20-7-6-18(35-20)12-29-23(30)21(36-25(29)32)9-16-8-17(26)10-19(27)22(16)34-13-15-5-3-2-4-14(15)11-28/h2-10H,12-13H2,1H3/b21-9+. The maximum Gasteiger partial charge on any atom is 0.373 e. The van der Waals surface area contributed by atoms with Crippen molar-refractivity contribution < 1.29 is 28.3 Å². The van der Waals surface area contributed by atoms with Crippen molar-refractivity contribution >= 4 is 80.1 Å². The first-order chi connectivity index (χ1) is 17.3. The average Bonchev–Trinajstić information content (AvgIpc) is 3.43. The first-order valence-corrected chi connectivity index (χ1v) is 13.3. The molecule has 0 radical (unpaired) electrons. The number of imide groups is 1. The number of halogens is 2. The summed E-state index contributed by atoms with van der Waals surface area (Å²) in [5, 5.41) is 8.90. The summed E-state index contributed by atoms with van der Waals surface area (Å²) in [6, 6.07) is 16.1. The number of carbonyl (C=O) groups is 3. The van der Waals surface area contributed by atoms with Crippen LogP contribution >= 0.6 is 56.9 Å². The Morgan fingerprint density at radius 3 is 2.72 bits per heavy atom. The monoisotopic (exact) mass is 726 g/mol. The number of thioether (sulfide) groups is 1. The third-order valence-corrected chi connectivity index (χ3v) is 7.40. The fraction of sp³-hybridized carbons (Fsp3) is 0.120. The second kappa shape index (κ2) is 11.5. The molecule has 11 heteroatoms. The predicted octanol–water partition coefficient (Wildman–Crippen LogP) is 5.96. The Morgan fingerprint density at radius 2 is 1.97 bits per heavy atom. The lowest BCUT2D eigenvalue weighted by atomic mass is 10.1. The first kappa shape index (κ1) is 26.2. The number of furan rings is 1. The number of amides is 2. The van der Waals surface area contributed by atoms with Gasteiger partial charge >= 0.3 is 5.97 Å². The van der Waals surface area contributed by atoms with Gasteiger partial charge in [0, 0.05) is 14.7 Å². The first-order valence-electron chi connectivity index (χ1n) is 10.3. The number of rotatable bonds is 7. The van der Waals surface area contributed by atoms with Crippen molar-refractivity contribution in [3.63, 3.8) is 0 Å². The molecule has 1 saturated heterocycles. The van der Waals surface area contributed by atoms with Crippen LogP contribution in [0.3, 0.4) is 0 Å². The van der Waals surface area contributed by atoms with Crippen LogP contribution in [0.2, 0.25) is 0 Å². The van der Waals surface area contributed by atoms with Crippen LogP contribution in [0.5, 0.6) is 5.75 Å². The van der Waals surface area contributed by atoms with Gasteiger partial charge in [-0.1, -0.05) is 18.2 Å². The van der Waals surface area contributed by atoms with Gasteiger partial charge in [0.25, 0.3) is 11.1 Å². The molecule has 0 spiro atoms. The molecule has 0 bridgehead atoms. The normalized spacial score (nSPS) is 14.3. The molecule has 0 N–H and O–H groups in total. The van der Waals surface area contributed by atoms with E-state index in [1.165, 1.54) is 19.2 Å². The Labute approximate surface area is 237 Å². The van der Waals surface area contributed by atoms with E-state index in [2.05, 4.69) is 56.0 Å². The summed E-state index contributed by atoms with van der Waals surface area (Å²) < 4.78 is 17.9. The van der Waals surface area contributed by atoms with Crippen molar-refractivity contribution in [1.29, 1.82) is 5.26 Å². The van der Waals surface area contributed by atoms with Gasteiger partial charge in [-0.15, -0.1) is 0 Å². The molecule has 2 heterocycles. The summed E-state index contributed by atoms with van der Waals surface area (Å²) >= 11 is 5.14. The lowest BCUT2D eigenvalue weighted by Crippen LogP contribution is -2.27. The molecule has 182 valence electrons. The van der Waals surface area contributed by atoms with Crippen LogP contribution in [-0.2, 0) is 22.7 Å². The van der Waals surface area contributed by atoms with Crippen LogP contribution in [0.25, 0.3) is 6.08 Å². The second-order valence-electron chi connectivity index (χ2n) is 7.39. The lowest BCUT2D eigenvalue weighted by molar-refractivity contribution is -0.123. The van der Waals surface area contributed by atoms with Crippen molar-refractivity contribution in [3.8, 4) is 11.8 Å². The minimum Gasteiger partial charge on any atom is -0.487 e. The van der Waals surface area contributed by atoms with Gasteiger partial charge < -0.3 is 13.9 Å². The molecule has 0 aliphatic carbocycles. The Kier molecular flexibility index (Phi) is 8.37. The van der Waals surface area contributed by atoms with Gasteiger partial charge in [-0.25, -0.2) is 4.79 Å². The molecule has 1 aliphatic rings. The van der Waals surface area contributed by atoms with E-state index in [1.807, 2.05) is 24.3 Å². The minimum absolute atomic E-state index is 0.0109. The molecule has 3 aromatic rings. The van der Waals surface area contributed by atoms with Crippen LogP contribution in [0.4, 0.5) is 4.79 Å². The molecule has 0 atom stereocenters. The SMILES string of the molecule is COC(=O)c1ccc(CN2C(=O)S/C(=C/c3cc(I)cc(I)c3OCc3ccccc3C#N)C2=O)o1. The molecule has 0 saturated carbocycles. The Balaban J connectivity index is 1.58. The molecule has 2 amide bonds. The zero-order valence-electron chi connectivity index (χ0n) is 18.6. The molecule has 0 unspecified atom stereocenters. The van der Waals surface area contributed by atoms with Gasteiger partial charge in [0.15, 0.2) is 0 Å². The number of methoxy groups -OCH3 is 1. The van der Waals surface area contributed by atoms with Gasteiger partial charge in [-0.3, -0.25) is 14.5 Å². The van der Waals surface area contributed by atoms with Gasteiger partial charge in [-0.05, 0) is 93.4 Å². The zero-order valence-corrected chi connectivity index (χ0v) is 23.7. The van der Waals surface area contributed by atoms with Crippen LogP contribution in [0.15, 0.2) is 57.9 Å². The lowest BCUT2D eigenvalue weighted by Gasteiger charge is -2.13. The number of carbonyl (C=O) groups excluding carboxylic acids is 3. The Bertz CT molecular complexity index is 1440. The summed E-state index contributed by atoms with van der Waals surface area (Å²) in [6.45, 7) is 0.0564. The molecular weight excluding hydrogens is 710 g/mol. The van der Waals surface area contributed by atoms with E-state index in [-0.39, 0.29) is 29.6 Å². The Morgan fingerprint density at radius 1 is 1.19 bits per heavy atom. The summed E-state index contributed by atoms with van der Waals surface area (Å²) in [7, 11) is 1.23. The molecule has 1 aliphatic heterocycles. The van der Waals surface area contributed by atoms with E-state index in [4.69, 9.17) is 9.15 Å². The van der Waals surface area contributed by atoms with Crippen molar-refractivity contribution in [2.45, 2.75) is 13.2 Å². The summed E-state index contributed by atoms with van der Waals surface area (Å²) in [4.78, 5) is 38.6. The van der Waals surface area contributed by atoms with E-state index >= 15 is 0 Å².